The number of benzene rings is 3. The highest BCUT2D eigenvalue weighted by molar-refractivity contribution is 6.50. The molecule has 0 aliphatic rings. The zero-order valence-corrected chi connectivity index (χ0v) is 17.3. The number of aryl methyl sites for hydroxylation is 1. The van der Waals surface area contributed by atoms with Gasteiger partial charge in [0.05, 0.1) is 11.5 Å². The van der Waals surface area contributed by atoms with Gasteiger partial charge in [-0.25, -0.2) is 4.99 Å². The Hall–Kier alpha value is -3.06. The van der Waals surface area contributed by atoms with Crippen molar-refractivity contribution in [1.29, 1.82) is 0 Å². The van der Waals surface area contributed by atoms with Crippen molar-refractivity contribution in [3.8, 4) is 11.3 Å². The highest BCUT2D eigenvalue weighted by atomic mass is 35.5. The van der Waals surface area contributed by atoms with Crippen LogP contribution in [0.5, 0.6) is 0 Å². The third-order valence-corrected chi connectivity index (χ3v) is 4.69. The minimum absolute atomic E-state index is 0.712. The summed E-state index contributed by atoms with van der Waals surface area (Å²) < 4.78 is 45.1. The van der Waals surface area contributed by atoms with Crippen molar-refractivity contribution < 1.29 is 26.7 Å². The Morgan fingerprint density at radius 1 is 0.871 bits per heavy atom. The Morgan fingerprint density at radius 2 is 1.48 bits per heavy atom. The van der Waals surface area contributed by atoms with Gasteiger partial charge in [0.1, 0.15) is 11.3 Å². The van der Waals surface area contributed by atoms with E-state index in [1.54, 1.807) is 0 Å². The van der Waals surface area contributed by atoms with Gasteiger partial charge >= 0.3 is 7.25 Å². The van der Waals surface area contributed by atoms with Gasteiger partial charge in [-0.1, -0.05) is 42.8 Å². The molecule has 1 heterocycles. The van der Waals surface area contributed by atoms with Gasteiger partial charge < -0.3 is 21.7 Å². The minimum atomic E-state index is -6.00. The number of halogens is 5. The summed E-state index contributed by atoms with van der Waals surface area (Å²) in [5.41, 5.74) is 4.21. The topological polar surface area (TPSA) is 27.1 Å². The van der Waals surface area contributed by atoms with Crippen molar-refractivity contribution >= 4 is 35.5 Å². The average Bonchev–Trinajstić information content (AvgIpc) is 2.73. The number of nitrogens with one attached hydrogen (secondary N) is 1. The van der Waals surface area contributed by atoms with Crippen LogP contribution in [-0.2, 0) is 6.42 Å². The molecule has 160 valence electrons. The molecule has 0 amide bonds. The molecule has 1 aromatic heterocycles. The van der Waals surface area contributed by atoms with Crippen LogP contribution in [0, 0.1) is 0 Å². The van der Waals surface area contributed by atoms with Gasteiger partial charge in [-0.15, -0.1) is 0 Å². The quantitative estimate of drug-likeness (QED) is 0.306. The van der Waals surface area contributed by atoms with E-state index < -0.39 is 7.25 Å². The predicted molar refractivity (Wildman–Crippen MR) is 116 cm³/mol. The van der Waals surface area contributed by atoms with E-state index in [9.17, 15) is 17.3 Å². The molecule has 0 radical (unpaired) electrons. The van der Waals surface area contributed by atoms with Crippen molar-refractivity contribution in [2.75, 3.05) is 0 Å². The summed E-state index contributed by atoms with van der Waals surface area (Å²) >= 11 is 6.01. The molecule has 0 unspecified atom stereocenters. The van der Waals surface area contributed by atoms with Crippen LogP contribution in [0.2, 0.25) is 5.02 Å². The monoisotopic (exact) mass is 447 g/mol. The fourth-order valence-corrected chi connectivity index (χ4v) is 3.10. The predicted octanol–water partition coefficient (Wildman–Crippen LogP) is 5.93. The summed E-state index contributed by atoms with van der Waals surface area (Å²) in [6, 6.07) is 26.3. The lowest BCUT2D eigenvalue weighted by Crippen LogP contribution is -2.70. The van der Waals surface area contributed by atoms with Crippen molar-refractivity contribution in [2.45, 2.75) is 13.3 Å². The Kier molecular flexibility index (Phi) is 7.18. The van der Waals surface area contributed by atoms with Crippen LogP contribution in [0.3, 0.4) is 0 Å². The molecule has 1 N–H and O–H groups in total. The third-order valence-electron chi connectivity index (χ3n) is 4.44. The van der Waals surface area contributed by atoms with E-state index in [0.717, 1.165) is 39.8 Å². The second-order valence-electron chi connectivity index (χ2n) is 6.70. The maximum atomic E-state index is 9.75. The zero-order chi connectivity index (χ0) is 22.4. The zero-order valence-electron chi connectivity index (χ0n) is 16.6. The van der Waals surface area contributed by atoms with Crippen molar-refractivity contribution in [2.24, 2.45) is 0 Å². The molecule has 8 heteroatoms. The summed E-state index contributed by atoms with van der Waals surface area (Å²) in [6.07, 6.45) is 1.04. The normalized spacial score (nSPS) is 11.9. The molecular weight excluding hydrogens is 429 g/mol. The van der Waals surface area contributed by atoms with Crippen LogP contribution in [0.4, 0.5) is 23.0 Å². The SMILES string of the molecule is CCc1ccc([NH+]=c2cc(-c3ccc(Cl)cc3)oc3ccccc23)cc1.F[B-](F)(F)F. The van der Waals surface area contributed by atoms with Crippen LogP contribution in [0.1, 0.15) is 12.5 Å². The molecule has 0 fully saturated rings. The van der Waals surface area contributed by atoms with E-state index in [4.69, 9.17) is 16.0 Å². The highest BCUT2D eigenvalue weighted by Crippen LogP contribution is 2.23. The van der Waals surface area contributed by atoms with E-state index in [1.807, 2.05) is 48.5 Å². The summed E-state index contributed by atoms with van der Waals surface area (Å²) in [7, 11) is -6.00. The fraction of sp³-hybridized carbons (Fsp3) is 0.0870. The molecule has 0 saturated carbocycles. The van der Waals surface area contributed by atoms with E-state index in [1.165, 1.54) is 5.56 Å². The molecule has 4 rings (SSSR count). The van der Waals surface area contributed by atoms with Crippen molar-refractivity contribution in [3.63, 3.8) is 0 Å². The first kappa shape index (κ1) is 22.6. The molecule has 4 aromatic rings. The van der Waals surface area contributed by atoms with Crippen LogP contribution >= 0.6 is 11.6 Å². The smallest absolute Gasteiger partial charge is 0.456 e. The molecule has 0 aliphatic carbocycles. The van der Waals surface area contributed by atoms with Crippen LogP contribution < -0.4 is 10.3 Å². The Labute approximate surface area is 181 Å². The van der Waals surface area contributed by atoms with Crippen LogP contribution in [0.25, 0.3) is 22.3 Å². The Morgan fingerprint density at radius 3 is 2.10 bits per heavy atom. The lowest BCUT2D eigenvalue weighted by molar-refractivity contribution is -0.400. The minimum Gasteiger partial charge on any atom is -0.456 e. The second-order valence-corrected chi connectivity index (χ2v) is 7.13. The standard InChI is InChI=1S/C23H18ClNO.BF4/c1-2-16-7-13-19(14-8-16)25-21-15-23(17-9-11-18(24)12-10-17)26-22-6-4-3-5-20(21)22;2-1(3,4)5/h3-15H,2H2,1H3;/q;-1/p+1. The number of rotatable bonds is 3. The number of fused-ring (bicyclic) bond motifs is 1. The highest BCUT2D eigenvalue weighted by Gasteiger charge is 2.20. The molecule has 0 aliphatic heterocycles. The van der Waals surface area contributed by atoms with Crippen LogP contribution in [-0.4, -0.2) is 7.25 Å². The number of hydrogen-bond acceptors (Lipinski definition) is 1. The molecule has 3 aromatic carbocycles. The van der Waals surface area contributed by atoms with E-state index >= 15 is 0 Å². The second kappa shape index (κ2) is 9.83. The first-order chi connectivity index (χ1) is 14.7. The lowest BCUT2D eigenvalue weighted by Gasteiger charge is -2.03. The van der Waals surface area contributed by atoms with Gasteiger partial charge in [-0.3, -0.25) is 0 Å². The number of para-hydroxylation sites is 1. The molecule has 0 bridgehead atoms. The Balaban J connectivity index is 0.000000491. The largest absolute Gasteiger partial charge is 0.673 e. The fourth-order valence-electron chi connectivity index (χ4n) is 2.97. The molecular formula is C23H19BClF4NO. The lowest BCUT2D eigenvalue weighted by atomic mass is 10.1. The van der Waals surface area contributed by atoms with Gasteiger partial charge in [0.25, 0.3) is 0 Å². The molecule has 0 saturated heterocycles. The maximum absolute atomic E-state index is 9.75. The van der Waals surface area contributed by atoms with Gasteiger partial charge in [-0.05, 0) is 48.4 Å². The van der Waals surface area contributed by atoms with Gasteiger partial charge in [0.15, 0.2) is 0 Å². The third kappa shape index (κ3) is 6.72. The summed E-state index contributed by atoms with van der Waals surface area (Å²) in [4.78, 5) is 3.53. The molecule has 0 atom stereocenters. The first-order valence-electron chi connectivity index (χ1n) is 9.58. The van der Waals surface area contributed by atoms with Crippen molar-refractivity contribution in [3.05, 3.63) is 94.8 Å². The maximum Gasteiger partial charge on any atom is 0.673 e. The Bertz CT molecular complexity index is 1210. The van der Waals surface area contributed by atoms with Gasteiger partial charge in [0, 0.05) is 22.7 Å². The average molecular weight is 448 g/mol. The van der Waals surface area contributed by atoms with Crippen molar-refractivity contribution in [1.82, 2.24) is 0 Å². The van der Waals surface area contributed by atoms with E-state index in [-0.39, 0.29) is 0 Å². The first-order valence-corrected chi connectivity index (χ1v) is 9.96. The van der Waals surface area contributed by atoms with E-state index in [2.05, 4.69) is 42.2 Å². The van der Waals surface area contributed by atoms with Gasteiger partial charge in [-0.2, -0.15) is 0 Å². The summed E-state index contributed by atoms with van der Waals surface area (Å²) in [6.45, 7) is 2.16. The van der Waals surface area contributed by atoms with E-state index in [0.29, 0.717) is 5.02 Å². The van der Waals surface area contributed by atoms with Crippen LogP contribution in [0.15, 0.2) is 83.3 Å². The number of hydrogen-bond donors (Lipinski definition) is 1. The summed E-state index contributed by atoms with van der Waals surface area (Å²) in [5, 5.41) is 2.77. The van der Waals surface area contributed by atoms with Gasteiger partial charge in [0.2, 0.25) is 11.0 Å². The molecule has 2 nitrogen and oxygen atoms in total. The molecule has 31 heavy (non-hydrogen) atoms. The molecule has 0 spiro atoms. The summed E-state index contributed by atoms with van der Waals surface area (Å²) in [5.74, 6) is 0.799.